The smallest absolute Gasteiger partial charge is 0.253 e. The fraction of sp³-hybridized carbons (Fsp3) is 0.227. The Bertz CT molecular complexity index is 1100. The van der Waals surface area contributed by atoms with Crippen molar-refractivity contribution >= 4 is 28.3 Å². The second-order valence-corrected chi connectivity index (χ2v) is 7.52. The van der Waals surface area contributed by atoms with E-state index in [1.807, 2.05) is 24.4 Å². The number of fused-ring (bicyclic) bond motifs is 1. The minimum atomic E-state index is 0.575. The Hall–Kier alpha value is -2.92. The highest BCUT2D eigenvalue weighted by molar-refractivity contribution is 6.32. The highest BCUT2D eigenvalue weighted by Gasteiger charge is 2.20. The highest BCUT2D eigenvalue weighted by Crippen LogP contribution is 2.32. The maximum atomic E-state index is 6.65. The maximum absolute atomic E-state index is 6.65. The summed E-state index contributed by atoms with van der Waals surface area (Å²) in [5.41, 5.74) is 3.18. The van der Waals surface area contributed by atoms with E-state index in [0.29, 0.717) is 5.95 Å². The van der Waals surface area contributed by atoms with Crippen LogP contribution >= 0.6 is 11.6 Å². The topological polar surface area (TPSA) is 46.8 Å². The molecule has 3 heterocycles. The van der Waals surface area contributed by atoms with Gasteiger partial charge in [-0.05, 0) is 48.6 Å². The summed E-state index contributed by atoms with van der Waals surface area (Å²) in [7, 11) is 0. The standard InChI is InChI=1S/C22H20ClN5/c23-19-15-20-18(14-17(19)13-16-7-2-1-3-8-16)21(27-10-4-5-11-27)26-22(25-20)28-12-6-9-24-28/h1-3,6-9,12,14-15H,4-5,10-11,13H2. The summed E-state index contributed by atoms with van der Waals surface area (Å²) < 4.78 is 1.70. The summed E-state index contributed by atoms with van der Waals surface area (Å²) in [6, 6.07) is 16.4. The van der Waals surface area contributed by atoms with Crippen molar-refractivity contribution in [2.45, 2.75) is 19.3 Å². The third-order valence-electron chi connectivity index (χ3n) is 5.18. The molecule has 1 fully saturated rings. The molecule has 4 aromatic rings. The predicted molar refractivity (Wildman–Crippen MR) is 112 cm³/mol. The van der Waals surface area contributed by atoms with Gasteiger partial charge in [-0.15, -0.1) is 0 Å². The van der Waals surface area contributed by atoms with Crippen LogP contribution in [0.2, 0.25) is 5.02 Å². The van der Waals surface area contributed by atoms with E-state index in [-0.39, 0.29) is 0 Å². The minimum absolute atomic E-state index is 0.575. The van der Waals surface area contributed by atoms with Crippen molar-refractivity contribution < 1.29 is 0 Å². The molecule has 1 aliphatic rings. The van der Waals surface area contributed by atoms with E-state index >= 15 is 0 Å². The number of hydrogen-bond donors (Lipinski definition) is 0. The van der Waals surface area contributed by atoms with E-state index < -0.39 is 0 Å². The molecule has 5 rings (SSSR count). The molecule has 0 aliphatic carbocycles. The second kappa shape index (κ2) is 7.24. The Kier molecular flexibility index (Phi) is 4.45. The van der Waals surface area contributed by atoms with Crippen LogP contribution in [0, 0.1) is 0 Å². The molecule has 0 radical (unpaired) electrons. The van der Waals surface area contributed by atoms with Crippen LogP contribution in [0.1, 0.15) is 24.0 Å². The fourth-order valence-electron chi connectivity index (χ4n) is 3.78. The van der Waals surface area contributed by atoms with Gasteiger partial charge in [-0.25, -0.2) is 9.67 Å². The number of aromatic nitrogens is 4. The van der Waals surface area contributed by atoms with Crippen molar-refractivity contribution in [3.8, 4) is 5.95 Å². The average molecular weight is 390 g/mol. The van der Waals surface area contributed by atoms with E-state index in [9.17, 15) is 0 Å². The van der Waals surface area contributed by atoms with Gasteiger partial charge in [0.25, 0.3) is 5.95 Å². The van der Waals surface area contributed by atoms with Crippen molar-refractivity contribution in [3.63, 3.8) is 0 Å². The molecule has 1 aliphatic heterocycles. The molecule has 28 heavy (non-hydrogen) atoms. The van der Waals surface area contributed by atoms with Gasteiger partial charge in [-0.1, -0.05) is 41.9 Å². The van der Waals surface area contributed by atoms with Gasteiger partial charge in [0.2, 0.25) is 0 Å². The van der Waals surface area contributed by atoms with Crippen LogP contribution < -0.4 is 4.90 Å². The number of benzene rings is 2. The molecule has 0 unspecified atom stereocenters. The van der Waals surface area contributed by atoms with Crippen LogP contribution in [0.4, 0.5) is 5.82 Å². The summed E-state index contributed by atoms with van der Waals surface area (Å²) in [6.07, 6.45) is 6.76. The molecule has 0 spiro atoms. The maximum Gasteiger partial charge on any atom is 0.253 e. The normalized spacial score (nSPS) is 14.1. The van der Waals surface area contributed by atoms with E-state index in [0.717, 1.165) is 46.8 Å². The average Bonchev–Trinajstić information content (AvgIpc) is 3.43. The van der Waals surface area contributed by atoms with E-state index in [4.69, 9.17) is 21.6 Å². The SMILES string of the molecule is Clc1cc2nc(-n3cccn3)nc(N3CCCC3)c2cc1Cc1ccccc1. The van der Waals surface area contributed by atoms with Crippen LogP contribution in [0.15, 0.2) is 60.9 Å². The van der Waals surface area contributed by atoms with Gasteiger partial charge in [0.05, 0.1) is 5.52 Å². The number of halogens is 1. The minimum Gasteiger partial charge on any atom is -0.356 e. The molecule has 6 heteroatoms. The summed E-state index contributed by atoms with van der Waals surface area (Å²) >= 11 is 6.65. The Morgan fingerprint density at radius 1 is 0.964 bits per heavy atom. The van der Waals surface area contributed by atoms with Crippen LogP contribution in [0.5, 0.6) is 0 Å². The monoisotopic (exact) mass is 389 g/mol. The first-order chi connectivity index (χ1) is 13.8. The summed E-state index contributed by atoms with van der Waals surface area (Å²) in [6.45, 7) is 2.03. The Balaban J connectivity index is 1.66. The molecular formula is C22H20ClN5. The molecule has 140 valence electrons. The van der Waals surface area contributed by atoms with Gasteiger partial charge < -0.3 is 4.90 Å². The van der Waals surface area contributed by atoms with Crippen LogP contribution in [0.3, 0.4) is 0 Å². The summed E-state index contributed by atoms with van der Waals surface area (Å²) in [5, 5.41) is 6.08. The lowest BCUT2D eigenvalue weighted by molar-refractivity contribution is 0.806. The zero-order valence-electron chi connectivity index (χ0n) is 15.4. The quantitative estimate of drug-likeness (QED) is 0.509. The molecule has 5 nitrogen and oxygen atoms in total. The molecule has 0 amide bonds. The Labute approximate surface area is 168 Å². The van der Waals surface area contributed by atoms with Crippen molar-refractivity contribution in [1.29, 1.82) is 0 Å². The van der Waals surface area contributed by atoms with Gasteiger partial charge in [0.15, 0.2) is 0 Å². The van der Waals surface area contributed by atoms with Gasteiger partial charge in [0, 0.05) is 35.9 Å². The highest BCUT2D eigenvalue weighted by atomic mass is 35.5. The Morgan fingerprint density at radius 3 is 2.54 bits per heavy atom. The summed E-state index contributed by atoms with van der Waals surface area (Å²) in [5.74, 6) is 1.55. The lowest BCUT2D eigenvalue weighted by atomic mass is 10.0. The van der Waals surface area contributed by atoms with Crippen molar-refractivity contribution in [2.75, 3.05) is 18.0 Å². The van der Waals surface area contributed by atoms with Gasteiger partial charge >= 0.3 is 0 Å². The van der Waals surface area contributed by atoms with Crippen LogP contribution in [-0.4, -0.2) is 32.8 Å². The fourth-order valence-corrected chi connectivity index (χ4v) is 4.00. The zero-order chi connectivity index (χ0) is 18.9. The molecule has 0 N–H and O–H groups in total. The van der Waals surface area contributed by atoms with E-state index in [2.05, 4.69) is 40.3 Å². The first kappa shape index (κ1) is 17.2. The second-order valence-electron chi connectivity index (χ2n) is 7.12. The number of rotatable bonds is 4. The van der Waals surface area contributed by atoms with Crippen LogP contribution in [0.25, 0.3) is 16.9 Å². The van der Waals surface area contributed by atoms with Crippen molar-refractivity contribution in [3.05, 3.63) is 77.1 Å². The molecule has 0 atom stereocenters. The van der Waals surface area contributed by atoms with E-state index in [1.54, 1.807) is 10.9 Å². The molecule has 2 aromatic carbocycles. The van der Waals surface area contributed by atoms with Gasteiger partial charge in [-0.2, -0.15) is 10.1 Å². The number of hydrogen-bond acceptors (Lipinski definition) is 4. The lowest BCUT2D eigenvalue weighted by Crippen LogP contribution is -2.20. The van der Waals surface area contributed by atoms with Crippen LogP contribution in [-0.2, 0) is 6.42 Å². The molecular weight excluding hydrogens is 370 g/mol. The number of anilines is 1. The van der Waals surface area contributed by atoms with Gasteiger partial charge in [-0.3, -0.25) is 0 Å². The molecule has 1 saturated heterocycles. The first-order valence-corrected chi connectivity index (χ1v) is 9.95. The number of nitrogens with zero attached hydrogens (tertiary/aromatic N) is 5. The Morgan fingerprint density at radius 2 is 1.79 bits per heavy atom. The first-order valence-electron chi connectivity index (χ1n) is 9.57. The summed E-state index contributed by atoms with van der Waals surface area (Å²) in [4.78, 5) is 12.0. The third-order valence-corrected chi connectivity index (χ3v) is 5.54. The lowest BCUT2D eigenvalue weighted by Gasteiger charge is -2.20. The molecule has 0 saturated carbocycles. The largest absolute Gasteiger partial charge is 0.356 e. The van der Waals surface area contributed by atoms with Gasteiger partial charge in [0.1, 0.15) is 5.82 Å². The zero-order valence-corrected chi connectivity index (χ0v) is 16.2. The third kappa shape index (κ3) is 3.22. The molecule has 2 aromatic heterocycles. The predicted octanol–water partition coefficient (Wildman–Crippen LogP) is 4.66. The van der Waals surface area contributed by atoms with E-state index in [1.165, 1.54) is 18.4 Å². The molecule has 0 bridgehead atoms. The van der Waals surface area contributed by atoms with Crippen molar-refractivity contribution in [1.82, 2.24) is 19.7 Å². The van der Waals surface area contributed by atoms with Crippen molar-refractivity contribution in [2.24, 2.45) is 0 Å².